The fraction of sp³-hybridized carbons (Fsp3) is 0.333. The number of aromatic nitrogens is 2. The van der Waals surface area contributed by atoms with Crippen LogP contribution in [0.4, 0.5) is 0 Å². The molecule has 2 aromatic rings. The van der Waals surface area contributed by atoms with Crippen molar-refractivity contribution in [3.63, 3.8) is 0 Å². The Kier molecular flexibility index (Phi) is 4.95. The first kappa shape index (κ1) is 14.8. The van der Waals surface area contributed by atoms with E-state index < -0.39 is 0 Å². The van der Waals surface area contributed by atoms with Crippen LogP contribution in [0.3, 0.4) is 0 Å². The Bertz CT molecular complexity index is 577. The second kappa shape index (κ2) is 6.70. The third-order valence-corrected chi connectivity index (χ3v) is 3.56. The van der Waals surface area contributed by atoms with E-state index >= 15 is 0 Å². The molecule has 0 saturated carbocycles. The third kappa shape index (κ3) is 3.93. The Morgan fingerprint density at radius 2 is 2.10 bits per heavy atom. The smallest absolute Gasteiger partial charge is 0.251 e. The molecule has 0 unspecified atom stereocenters. The molecular weight excluding hydrogens is 318 g/mol. The van der Waals surface area contributed by atoms with Gasteiger partial charge in [-0.1, -0.05) is 19.1 Å². The molecule has 0 aliphatic carbocycles. The van der Waals surface area contributed by atoms with E-state index in [0.717, 1.165) is 16.5 Å². The van der Waals surface area contributed by atoms with E-state index in [1.807, 2.05) is 42.1 Å². The van der Waals surface area contributed by atoms with E-state index in [1.54, 1.807) is 6.20 Å². The highest BCUT2D eigenvalue weighted by Gasteiger charge is 2.08. The van der Waals surface area contributed by atoms with Crippen molar-refractivity contribution in [3.05, 3.63) is 52.3 Å². The minimum Gasteiger partial charge on any atom is -0.350 e. The summed E-state index contributed by atoms with van der Waals surface area (Å²) < 4.78 is 2.81. The number of nitrogens with one attached hydrogen (secondary N) is 1. The number of amides is 1. The molecule has 1 heterocycles. The Balaban J connectivity index is 2.00. The van der Waals surface area contributed by atoms with Crippen molar-refractivity contribution >= 4 is 21.8 Å². The minimum atomic E-state index is -0.0206. The zero-order chi connectivity index (χ0) is 14.5. The molecule has 0 spiro atoms. The van der Waals surface area contributed by atoms with Crippen LogP contribution < -0.4 is 5.32 Å². The van der Waals surface area contributed by atoms with Crippen LogP contribution in [0.25, 0.3) is 0 Å². The van der Waals surface area contributed by atoms with E-state index in [2.05, 4.69) is 33.3 Å². The maximum atomic E-state index is 12.0. The summed E-state index contributed by atoms with van der Waals surface area (Å²) in [5.41, 5.74) is 1.80. The summed E-state index contributed by atoms with van der Waals surface area (Å²) >= 11 is 3.37. The molecule has 0 bridgehead atoms. The van der Waals surface area contributed by atoms with Gasteiger partial charge in [0.2, 0.25) is 0 Å². The molecule has 1 aromatic heterocycles. The summed E-state index contributed by atoms with van der Waals surface area (Å²) in [7, 11) is 0. The number of carbonyl (C=O) groups excluding carboxylic acids is 1. The average molecular weight is 336 g/mol. The zero-order valence-corrected chi connectivity index (χ0v) is 13.2. The monoisotopic (exact) mass is 335 g/mol. The van der Waals surface area contributed by atoms with Gasteiger partial charge in [0, 0.05) is 17.8 Å². The lowest BCUT2D eigenvalue weighted by atomic mass is 10.1. The van der Waals surface area contributed by atoms with Crippen molar-refractivity contribution in [3.8, 4) is 0 Å². The van der Waals surface area contributed by atoms with Crippen molar-refractivity contribution < 1.29 is 4.79 Å². The average Bonchev–Trinajstić information content (AvgIpc) is 2.84. The molecule has 4 nitrogen and oxygen atoms in total. The van der Waals surface area contributed by atoms with E-state index in [1.165, 1.54) is 0 Å². The predicted molar refractivity (Wildman–Crippen MR) is 82.7 cm³/mol. The molecular formula is C15H18BrN3O. The van der Waals surface area contributed by atoms with Crippen LogP contribution in [0, 0.1) is 0 Å². The van der Waals surface area contributed by atoms with Crippen LogP contribution >= 0.6 is 15.9 Å². The van der Waals surface area contributed by atoms with Crippen LogP contribution in [-0.4, -0.2) is 21.7 Å². The molecule has 106 valence electrons. The number of carbonyl (C=O) groups is 1. The second-order valence-electron chi connectivity index (χ2n) is 4.84. The molecule has 0 aliphatic heterocycles. The van der Waals surface area contributed by atoms with Gasteiger partial charge in [-0.25, -0.2) is 0 Å². The lowest BCUT2D eigenvalue weighted by Crippen LogP contribution is -2.31. The molecule has 1 amide bonds. The van der Waals surface area contributed by atoms with Gasteiger partial charge < -0.3 is 5.32 Å². The van der Waals surface area contributed by atoms with Crippen LogP contribution in [0.1, 0.15) is 36.2 Å². The van der Waals surface area contributed by atoms with Crippen molar-refractivity contribution in [2.45, 2.75) is 32.9 Å². The Hall–Kier alpha value is -1.62. The molecule has 0 fully saturated rings. The maximum absolute atomic E-state index is 12.0. The first-order valence-electron chi connectivity index (χ1n) is 6.66. The summed E-state index contributed by atoms with van der Waals surface area (Å²) in [6, 6.07) is 7.82. The van der Waals surface area contributed by atoms with Gasteiger partial charge in [0.15, 0.2) is 0 Å². The third-order valence-electron chi connectivity index (χ3n) is 3.15. The lowest BCUT2D eigenvalue weighted by Gasteiger charge is -2.11. The summed E-state index contributed by atoms with van der Waals surface area (Å²) in [5.74, 6) is -0.0206. The standard InChI is InChI=1S/C15H18BrN3O/c1-3-11(2)18-15(20)13-6-4-12(5-7-13)9-19-10-14(16)8-17-19/h4-8,10-11H,3,9H2,1-2H3,(H,18,20)/t11-/m1/s1. The van der Waals surface area contributed by atoms with Crippen LogP contribution in [0.5, 0.6) is 0 Å². The van der Waals surface area contributed by atoms with Crippen molar-refractivity contribution in [1.29, 1.82) is 0 Å². The Morgan fingerprint density at radius 3 is 2.65 bits per heavy atom. The van der Waals surface area contributed by atoms with Crippen molar-refractivity contribution in [1.82, 2.24) is 15.1 Å². The molecule has 0 aliphatic rings. The molecule has 0 radical (unpaired) electrons. The zero-order valence-electron chi connectivity index (χ0n) is 11.6. The number of rotatable bonds is 5. The van der Waals surface area contributed by atoms with Gasteiger partial charge in [-0.3, -0.25) is 9.48 Å². The topological polar surface area (TPSA) is 46.9 Å². The molecule has 20 heavy (non-hydrogen) atoms. The number of nitrogens with zero attached hydrogens (tertiary/aromatic N) is 2. The largest absolute Gasteiger partial charge is 0.350 e. The van der Waals surface area contributed by atoms with E-state index in [4.69, 9.17) is 0 Å². The lowest BCUT2D eigenvalue weighted by molar-refractivity contribution is 0.0939. The Labute approximate surface area is 127 Å². The van der Waals surface area contributed by atoms with Crippen molar-refractivity contribution in [2.24, 2.45) is 0 Å². The molecule has 5 heteroatoms. The van der Waals surface area contributed by atoms with Gasteiger partial charge in [-0.05, 0) is 47.0 Å². The number of hydrogen-bond acceptors (Lipinski definition) is 2. The number of halogens is 1. The fourth-order valence-corrected chi connectivity index (χ4v) is 2.11. The van der Waals surface area contributed by atoms with E-state index in [-0.39, 0.29) is 11.9 Å². The fourth-order valence-electron chi connectivity index (χ4n) is 1.78. The maximum Gasteiger partial charge on any atom is 0.251 e. The predicted octanol–water partition coefficient (Wildman–Crippen LogP) is 3.22. The summed E-state index contributed by atoms with van der Waals surface area (Å²) in [6.07, 6.45) is 4.61. The molecule has 1 aromatic carbocycles. The number of hydrogen-bond donors (Lipinski definition) is 1. The van der Waals surface area contributed by atoms with Gasteiger partial charge in [0.25, 0.3) is 5.91 Å². The Morgan fingerprint density at radius 1 is 1.40 bits per heavy atom. The van der Waals surface area contributed by atoms with Crippen LogP contribution in [0.15, 0.2) is 41.1 Å². The van der Waals surface area contributed by atoms with Gasteiger partial charge in [0.1, 0.15) is 0 Å². The second-order valence-corrected chi connectivity index (χ2v) is 5.75. The summed E-state index contributed by atoms with van der Waals surface area (Å²) in [6.45, 7) is 4.75. The van der Waals surface area contributed by atoms with Gasteiger partial charge in [0.05, 0.1) is 17.2 Å². The molecule has 1 atom stereocenters. The molecule has 0 saturated heterocycles. The van der Waals surface area contributed by atoms with Gasteiger partial charge in [-0.2, -0.15) is 5.10 Å². The SMILES string of the molecule is CC[C@@H](C)NC(=O)c1ccc(Cn2cc(Br)cn2)cc1. The minimum absolute atomic E-state index is 0.0206. The molecule has 1 N–H and O–H groups in total. The highest BCUT2D eigenvalue weighted by molar-refractivity contribution is 9.10. The number of benzene rings is 1. The van der Waals surface area contributed by atoms with E-state index in [0.29, 0.717) is 12.1 Å². The summed E-state index contributed by atoms with van der Waals surface area (Å²) in [4.78, 5) is 12.0. The van der Waals surface area contributed by atoms with Gasteiger partial charge in [-0.15, -0.1) is 0 Å². The highest BCUT2D eigenvalue weighted by atomic mass is 79.9. The van der Waals surface area contributed by atoms with Crippen molar-refractivity contribution in [2.75, 3.05) is 0 Å². The van der Waals surface area contributed by atoms with Crippen LogP contribution in [0.2, 0.25) is 0 Å². The first-order chi connectivity index (χ1) is 9.58. The molecule has 2 rings (SSSR count). The van der Waals surface area contributed by atoms with E-state index in [9.17, 15) is 4.79 Å². The van der Waals surface area contributed by atoms with Gasteiger partial charge >= 0.3 is 0 Å². The van der Waals surface area contributed by atoms with Crippen LogP contribution in [-0.2, 0) is 6.54 Å². The quantitative estimate of drug-likeness (QED) is 0.911. The normalized spacial score (nSPS) is 12.2. The first-order valence-corrected chi connectivity index (χ1v) is 7.45. The highest BCUT2D eigenvalue weighted by Crippen LogP contribution is 2.10. The summed E-state index contributed by atoms with van der Waals surface area (Å²) in [5, 5.41) is 7.17.